The van der Waals surface area contributed by atoms with E-state index in [0.29, 0.717) is 24.0 Å². The van der Waals surface area contributed by atoms with Crippen molar-refractivity contribution in [3.63, 3.8) is 0 Å². The van der Waals surface area contributed by atoms with Crippen LogP contribution in [0.15, 0.2) is 54.7 Å². The predicted molar refractivity (Wildman–Crippen MR) is 124 cm³/mol. The van der Waals surface area contributed by atoms with Gasteiger partial charge in [-0.25, -0.2) is 0 Å². The lowest BCUT2D eigenvalue weighted by Gasteiger charge is -2.28. The largest absolute Gasteiger partial charge is 0.416 e. The van der Waals surface area contributed by atoms with Gasteiger partial charge in [-0.3, -0.25) is 4.98 Å². The number of benzene rings is 1. The van der Waals surface area contributed by atoms with Crippen LogP contribution in [0.25, 0.3) is 5.69 Å². The number of pyridine rings is 1. The number of thiocarbonyl (C=S) groups is 1. The Morgan fingerprint density at radius 1 is 1.12 bits per heavy atom. The fraction of sp³-hybridized carbons (Fsp3) is 0.333. The average molecular weight is 475 g/mol. The first-order chi connectivity index (χ1) is 15.7. The number of hydrogen-bond donors (Lipinski definition) is 1. The summed E-state index contributed by atoms with van der Waals surface area (Å²) < 4.78 is 47.1. The van der Waals surface area contributed by atoms with Gasteiger partial charge >= 0.3 is 6.18 Å². The molecule has 1 aromatic carbocycles. The molecule has 0 saturated carbocycles. The van der Waals surface area contributed by atoms with E-state index in [2.05, 4.69) is 15.2 Å². The number of ether oxygens (including phenoxy) is 1. The summed E-state index contributed by atoms with van der Waals surface area (Å²) in [4.78, 5) is 6.60. The molecule has 3 heterocycles. The standard InChI is InChI=1S/C24H25F3N4OS/c1-15-13-19(16(2)31(15)18-8-6-7-17(14-18)24(25,26)27)22-21(20-9-4-5-10-28-20)29-23(33)30(22)11-12-32-3/h4-10,13-14,21-22H,11-12H2,1-3H3,(H,29,33)/t21-,22+/m1/s1. The molecule has 0 unspecified atom stereocenters. The monoisotopic (exact) mass is 474 g/mol. The summed E-state index contributed by atoms with van der Waals surface area (Å²) >= 11 is 5.64. The second-order valence-electron chi connectivity index (χ2n) is 8.02. The van der Waals surface area contributed by atoms with E-state index in [0.717, 1.165) is 28.7 Å². The molecular formula is C24H25F3N4OS. The van der Waals surface area contributed by atoms with Gasteiger partial charge in [0.25, 0.3) is 0 Å². The van der Waals surface area contributed by atoms with Crippen molar-refractivity contribution in [3.05, 3.63) is 82.9 Å². The minimum Gasteiger partial charge on any atom is -0.383 e. The van der Waals surface area contributed by atoms with Crippen molar-refractivity contribution in [1.82, 2.24) is 19.8 Å². The van der Waals surface area contributed by atoms with Crippen molar-refractivity contribution in [2.45, 2.75) is 32.1 Å². The van der Waals surface area contributed by atoms with Gasteiger partial charge in [0.05, 0.1) is 29.9 Å². The number of nitrogens with zero attached hydrogens (tertiary/aromatic N) is 3. The third kappa shape index (κ3) is 4.47. The summed E-state index contributed by atoms with van der Waals surface area (Å²) in [6, 6.07) is 12.7. The summed E-state index contributed by atoms with van der Waals surface area (Å²) in [6.45, 7) is 4.88. The number of nitrogens with one attached hydrogen (secondary N) is 1. The molecule has 2 aromatic heterocycles. The molecular weight excluding hydrogens is 449 g/mol. The zero-order valence-corrected chi connectivity index (χ0v) is 19.4. The lowest BCUT2D eigenvalue weighted by atomic mass is 9.97. The van der Waals surface area contributed by atoms with Crippen LogP contribution < -0.4 is 5.32 Å². The number of alkyl halides is 3. The summed E-state index contributed by atoms with van der Waals surface area (Å²) in [6.07, 6.45) is -2.67. The molecule has 4 rings (SSSR count). The van der Waals surface area contributed by atoms with E-state index in [4.69, 9.17) is 17.0 Å². The van der Waals surface area contributed by atoms with E-state index in [-0.39, 0.29) is 12.1 Å². The Labute approximate surface area is 196 Å². The number of aryl methyl sites for hydroxylation is 1. The molecule has 1 saturated heterocycles. The Balaban J connectivity index is 1.81. The topological polar surface area (TPSA) is 42.3 Å². The summed E-state index contributed by atoms with van der Waals surface area (Å²) in [5, 5.41) is 3.98. The molecule has 3 aromatic rings. The van der Waals surface area contributed by atoms with E-state index < -0.39 is 11.7 Å². The number of methoxy groups -OCH3 is 1. The normalized spacial score (nSPS) is 18.6. The highest BCUT2D eigenvalue weighted by molar-refractivity contribution is 7.80. The minimum atomic E-state index is -4.41. The van der Waals surface area contributed by atoms with Crippen LogP contribution in [0.3, 0.4) is 0 Å². The molecule has 1 fully saturated rings. The lowest BCUT2D eigenvalue weighted by Crippen LogP contribution is -2.32. The molecule has 5 nitrogen and oxygen atoms in total. The van der Waals surface area contributed by atoms with Gasteiger partial charge < -0.3 is 19.5 Å². The van der Waals surface area contributed by atoms with Crippen molar-refractivity contribution in [1.29, 1.82) is 0 Å². The average Bonchev–Trinajstić information content (AvgIpc) is 3.27. The molecule has 0 aliphatic carbocycles. The van der Waals surface area contributed by atoms with Gasteiger partial charge in [-0.2, -0.15) is 13.2 Å². The first-order valence-corrected chi connectivity index (χ1v) is 11.0. The van der Waals surface area contributed by atoms with Crippen LogP contribution in [0.5, 0.6) is 0 Å². The molecule has 1 aliphatic rings. The third-order valence-electron chi connectivity index (χ3n) is 5.95. The van der Waals surface area contributed by atoms with E-state index in [1.807, 2.05) is 42.7 Å². The van der Waals surface area contributed by atoms with E-state index in [1.165, 1.54) is 12.1 Å². The van der Waals surface area contributed by atoms with Crippen LogP contribution in [0.4, 0.5) is 13.2 Å². The fourth-order valence-electron chi connectivity index (χ4n) is 4.48. The Morgan fingerprint density at radius 2 is 1.91 bits per heavy atom. The maximum absolute atomic E-state index is 13.3. The van der Waals surface area contributed by atoms with Crippen LogP contribution >= 0.6 is 12.2 Å². The molecule has 0 spiro atoms. The third-order valence-corrected chi connectivity index (χ3v) is 6.31. The van der Waals surface area contributed by atoms with Gasteiger partial charge in [0, 0.05) is 36.9 Å². The Bertz CT molecular complexity index is 1150. The highest BCUT2D eigenvalue weighted by Gasteiger charge is 2.41. The van der Waals surface area contributed by atoms with Crippen molar-refractivity contribution in [3.8, 4) is 5.69 Å². The SMILES string of the molecule is COCCN1C(=S)N[C@H](c2ccccn2)[C@@H]1c1cc(C)n(-c2cccc(C(F)(F)F)c2)c1C. The molecule has 0 amide bonds. The number of hydrogen-bond acceptors (Lipinski definition) is 3. The van der Waals surface area contributed by atoms with Gasteiger partial charge in [-0.1, -0.05) is 12.1 Å². The van der Waals surface area contributed by atoms with Crippen LogP contribution in [0.2, 0.25) is 0 Å². The van der Waals surface area contributed by atoms with Gasteiger partial charge in [0.1, 0.15) is 0 Å². The Hall–Kier alpha value is -2.91. The van der Waals surface area contributed by atoms with Crippen LogP contribution in [-0.2, 0) is 10.9 Å². The second-order valence-corrected chi connectivity index (χ2v) is 8.41. The smallest absolute Gasteiger partial charge is 0.383 e. The molecule has 2 atom stereocenters. The fourth-order valence-corrected chi connectivity index (χ4v) is 4.81. The van der Waals surface area contributed by atoms with Gasteiger partial charge in [0.2, 0.25) is 0 Å². The van der Waals surface area contributed by atoms with Gasteiger partial charge in [-0.05, 0) is 68.0 Å². The Morgan fingerprint density at radius 3 is 2.58 bits per heavy atom. The maximum atomic E-state index is 13.3. The maximum Gasteiger partial charge on any atom is 0.416 e. The second kappa shape index (κ2) is 9.15. The van der Waals surface area contributed by atoms with Gasteiger partial charge in [0.15, 0.2) is 5.11 Å². The van der Waals surface area contributed by atoms with Crippen LogP contribution in [0, 0.1) is 13.8 Å². The molecule has 33 heavy (non-hydrogen) atoms. The number of aromatic nitrogens is 2. The highest BCUT2D eigenvalue weighted by Crippen LogP contribution is 2.41. The predicted octanol–water partition coefficient (Wildman–Crippen LogP) is 5.13. The highest BCUT2D eigenvalue weighted by atomic mass is 32.1. The molecule has 174 valence electrons. The van der Waals surface area contributed by atoms with E-state index in [1.54, 1.807) is 19.4 Å². The Kier molecular flexibility index (Phi) is 6.45. The quantitative estimate of drug-likeness (QED) is 0.502. The van der Waals surface area contributed by atoms with E-state index >= 15 is 0 Å². The molecule has 1 N–H and O–H groups in total. The summed E-state index contributed by atoms with van der Waals surface area (Å²) in [5.41, 5.74) is 3.30. The lowest BCUT2D eigenvalue weighted by molar-refractivity contribution is -0.137. The zero-order valence-electron chi connectivity index (χ0n) is 18.6. The molecule has 0 radical (unpaired) electrons. The van der Waals surface area contributed by atoms with Crippen molar-refractivity contribution < 1.29 is 17.9 Å². The number of rotatable bonds is 6. The summed E-state index contributed by atoms with van der Waals surface area (Å²) in [7, 11) is 1.64. The summed E-state index contributed by atoms with van der Waals surface area (Å²) in [5.74, 6) is 0. The van der Waals surface area contributed by atoms with E-state index in [9.17, 15) is 13.2 Å². The van der Waals surface area contributed by atoms with Crippen LogP contribution in [-0.4, -0.2) is 39.8 Å². The molecule has 1 aliphatic heterocycles. The first kappa shape index (κ1) is 23.3. The van der Waals surface area contributed by atoms with Gasteiger partial charge in [-0.15, -0.1) is 0 Å². The minimum absolute atomic E-state index is 0.187. The number of halogens is 3. The van der Waals surface area contributed by atoms with Crippen molar-refractivity contribution in [2.75, 3.05) is 20.3 Å². The van der Waals surface area contributed by atoms with Crippen molar-refractivity contribution >= 4 is 17.3 Å². The first-order valence-electron chi connectivity index (χ1n) is 10.6. The van der Waals surface area contributed by atoms with Crippen LogP contribution in [0.1, 0.15) is 40.3 Å². The molecule has 9 heteroatoms. The molecule has 0 bridgehead atoms. The zero-order chi connectivity index (χ0) is 23.8. The van der Waals surface area contributed by atoms with Crippen molar-refractivity contribution in [2.24, 2.45) is 0 Å².